The van der Waals surface area contributed by atoms with Crippen LogP contribution >= 0.6 is 11.3 Å². The fourth-order valence-corrected chi connectivity index (χ4v) is 5.69. The molecule has 0 unspecified atom stereocenters. The number of nitrogens with zero attached hydrogens (tertiary/aromatic N) is 4. The number of aryl methyl sites for hydroxylation is 2. The van der Waals surface area contributed by atoms with Gasteiger partial charge in [-0.05, 0) is 50.6 Å². The van der Waals surface area contributed by atoms with Gasteiger partial charge in [0.05, 0.1) is 16.3 Å². The lowest BCUT2D eigenvalue weighted by Gasteiger charge is -2.12. The summed E-state index contributed by atoms with van der Waals surface area (Å²) >= 11 is 1.18. The zero-order valence-electron chi connectivity index (χ0n) is 18.9. The van der Waals surface area contributed by atoms with Crippen molar-refractivity contribution in [3.63, 3.8) is 0 Å². The van der Waals surface area contributed by atoms with E-state index in [1.165, 1.54) is 42.5 Å². The first-order chi connectivity index (χ1) is 16.6. The van der Waals surface area contributed by atoms with Crippen molar-refractivity contribution in [2.75, 3.05) is 0 Å². The normalized spacial score (nSPS) is 11.9. The van der Waals surface area contributed by atoms with Crippen molar-refractivity contribution in [1.82, 2.24) is 20.0 Å². The molecule has 3 aromatic heterocycles. The largest absolute Gasteiger partial charge is 0.294 e. The van der Waals surface area contributed by atoms with Crippen molar-refractivity contribution >= 4 is 47.6 Å². The van der Waals surface area contributed by atoms with Gasteiger partial charge in [-0.15, -0.1) is 16.4 Å². The van der Waals surface area contributed by atoms with E-state index in [1.807, 2.05) is 31.2 Å². The fourth-order valence-electron chi connectivity index (χ4n) is 4.08. The maximum Gasteiger partial charge on any atom is 0.292 e. The molecule has 0 saturated carbocycles. The SMILES string of the molecule is CC(=O)c1c(C)nc2sc3c(=O)n(-c4ccc(S(N)(=O)=O)cc4)nnc3c2c1-c1ccc(C)cc1. The van der Waals surface area contributed by atoms with Crippen LogP contribution in [-0.2, 0) is 10.0 Å². The number of pyridine rings is 1. The van der Waals surface area contributed by atoms with E-state index < -0.39 is 15.6 Å². The van der Waals surface area contributed by atoms with E-state index in [4.69, 9.17) is 5.14 Å². The van der Waals surface area contributed by atoms with Crippen molar-refractivity contribution in [2.45, 2.75) is 25.7 Å². The van der Waals surface area contributed by atoms with E-state index in [9.17, 15) is 18.0 Å². The molecule has 0 spiro atoms. The molecule has 0 fully saturated rings. The Balaban J connectivity index is 1.81. The van der Waals surface area contributed by atoms with Crippen LogP contribution in [0.4, 0.5) is 0 Å². The van der Waals surface area contributed by atoms with Gasteiger partial charge in [0.2, 0.25) is 10.0 Å². The van der Waals surface area contributed by atoms with Crippen LogP contribution < -0.4 is 10.7 Å². The number of hydrogen-bond acceptors (Lipinski definition) is 8. The molecule has 35 heavy (non-hydrogen) atoms. The van der Waals surface area contributed by atoms with E-state index in [1.54, 1.807) is 6.92 Å². The molecule has 2 N–H and O–H groups in total. The summed E-state index contributed by atoms with van der Waals surface area (Å²) in [5.41, 5.74) is 3.88. The van der Waals surface area contributed by atoms with E-state index in [0.29, 0.717) is 42.9 Å². The van der Waals surface area contributed by atoms with Crippen molar-refractivity contribution in [1.29, 1.82) is 0 Å². The van der Waals surface area contributed by atoms with Crippen LogP contribution in [0.15, 0.2) is 58.2 Å². The second kappa shape index (κ2) is 8.15. The molecule has 0 aliphatic carbocycles. The summed E-state index contributed by atoms with van der Waals surface area (Å²) < 4.78 is 24.5. The number of sulfonamides is 1. The quantitative estimate of drug-likeness (QED) is 0.369. The molecule has 5 aromatic rings. The molecule has 0 saturated heterocycles. The van der Waals surface area contributed by atoms with E-state index in [0.717, 1.165) is 15.8 Å². The number of fused-ring (bicyclic) bond motifs is 3. The number of aromatic nitrogens is 4. The smallest absolute Gasteiger partial charge is 0.292 e. The van der Waals surface area contributed by atoms with Crippen LogP contribution in [0.2, 0.25) is 0 Å². The second-order valence-corrected chi connectivity index (χ2v) is 10.7. The summed E-state index contributed by atoms with van der Waals surface area (Å²) in [5.74, 6) is -0.136. The minimum absolute atomic E-state index is 0.0793. The van der Waals surface area contributed by atoms with Crippen LogP contribution in [-0.4, -0.2) is 34.2 Å². The first kappa shape index (κ1) is 23.0. The van der Waals surface area contributed by atoms with Crippen molar-refractivity contribution < 1.29 is 13.2 Å². The molecule has 0 atom stereocenters. The van der Waals surface area contributed by atoms with Crippen LogP contribution in [0.25, 0.3) is 37.2 Å². The Labute approximate surface area is 203 Å². The zero-order chi connectivity index (χ0) is 25.1. The number of carbonyl (C=O) groups is 1. The lowest BCUT2D eigenvalue weighted by molar-refractivity contribution is 0.101. The Hall–Kier alpha value is -3.80. The number of nitrogens with two attached hydrogens (primary N) is 1. The summed E-state index contributed by atoms with van der Waals surface area (Å²) in [6.45, 7) is 5.24. The van der Waals surface area contributed by atoms with Gasteiger partial charge in [0.15, 0.2) is 5.78 Å². The topological polar surface area (TPSA) is 138 Å². The number of Topliss-reactive ketones (excluding diaryl/α,β-unsaturated/α-hetero) is 1. The van der Waals surface area contributed by atoms with Crippen LogP contribution in [0.1, 0.15) is 28.5 Å². The maximum absolute atomic E-state index is 13.4. The maximum atomic E-state index is 13.4. The summed E-state index contributed by atoms with van der Waals surface area (Å²) in [6.07, 6.45) is 0. The van der Waals surface area contributed by atoms with Gasteiger partial charge in [-0.1, -0.05) is 35.0 Å². The third-order valence-corrected chi connectivity index (χ3v) is 7.71. The highest BCUT2D eigenvalue weighted by Gasteiger charge is 2.24. The Morgan fingerprint density at radius 2 is 1.69 bits per heavy atom. The predicted molar refractivity (Wildman–Crippen MR) is 135 cm³/mol. The monoisotopic (exact) mass is 505 g/mol. The van der Waals surface area contributed by atoms with Gasteiger partial charge in [0.25, 0.3) is 5.56 Å². The third-order valence-electron chi connectivity index (χ3n) is 5.72. The minimum Gasteiger partial charge on any atom is -0.294 e. The van der Waals surface area contributed by atoms with Gasteiger partial charge in [-0.2, -0.15) is 4.68 Å². The van der Waals surface area contributed by atoms with Crippen molar-refractivity contribution in [3.05, 3.63) is 75.7 Å². The molecule has 11 heteroatoms. The van der Waals surface area contributed by atoms with Crippen molar-refractivity contribution in [2.24, 2.45) is 5.14 Å². The first-order valence-electron chi connectivity index (χ1n) is 10.5. The van der Waals surface area contributed by atoms with Gasteiger partial charge in [0.1, 0.15) is 15.0 Å². The highest BCUT2D eigenvalue weighted by molar-refractivity contribution is 7.89. The highest BCUT2D eigenvalue weighted by atomic mass is 32.2. The average Bonchev–Trinajstić information content (AvgIpc) is 3.17. The summed E-state index contributed by atoms with van der Waals surface area (Å²) in [5, 5.41) is 14.2. The van der Waals surface area contributed by atoms with E-state index in [-0.39, 0.29) is 10.7 Å². The van der Waals surface area contributed by atoms with Crippen LogP contribution in [0, 0.1) is 13.8 Å². The van der Waals surface area contributed by atoms with E-state index >= 15 is 0 Å². The molecule has 3 heterocycles. The third kappa shape index (κ3) is 3.83. The molecule has 5 rings (SSSR count). The molecule has 2 aromatic carbocycles. The predicted octanol–water partition coefficient (Wildman–Crippen LogP) is 3.52. The number of thiophene rings is 1. The van der Waals surface area contributed by atoms with Crippen molar-refractivity contribution in [3.8, 4) is 16.8 Å². The molecule has 9 nitrogen and oxygen atoms in total. The fraction of sp³-hybridized carbons (Fsp3) is 0.125. The van der Waals surface area contributed by atoms with Gasteiger partial charge < -0.3 is 0 Å². The van der Waals surface area contributed by atoms with Gasteiger partial charge in [0, 0.05) is 16.5 Å². The Morgan fingerprint density at radius 1 is 1.03 bits per heavy atom. The molecule has 0 aliphatic heterocycles. The average molecular weight is 506 g/mol. The number of hydrogen-bond donors (Lipinski definition) is 1. The highest BCUT2D eigenvalue weighted by Crippen LogP contribution is 2.40. The van der Waals surface area contributed by atoms with Crippen LogP contribution in [0.3, 0.4) is 0 Å². The zero-order valence-corrected chi connectivity index (χ0v) is 20.6. The van der Waals surface area contributed by atoms with Gasteiger partial charge in [-0.3, -0.25) is 9.59 Å². The molecular formula is C24H19N5O4S2. The Kier molecular flexibility index (Phi) is 5.35. The molecule has 176 valence electrons. The van der Waals surface area contributed by atoms with Gasteiger partial charge >= 0.3 is 0 Å². The second-order valence-electron chi connectivity index (χ2n) is 8.17. The molecular weight excluding hydrogens is 486 g/mol. The Morgan fingerprint density at radius 3 is 2.29 bits per heavy atom. The van der Waals surface area contributed by atoms with Gasteiger partial charge in [-0.25, -0.2) is 18.5 Å². The number of carbonyl (C=O) groups excluding carboxylic acids is 1. The lowest BCUT2D eigenvalue weighted by Crippen LogP contribution is -2.22. The first-order valence-corrected chi connectivity index (χ1v) is 12.9. The molecule has 0 aliphatic rings. The number of rotatable bonds is 4. The molecule has 0 amide bonds. The molecule has 0 bridgehead atoms. The number of benzene rings is 2. The Bertz CT molecular complexity index is 1820. The summed E-state index contributed by atoms with van der Waals surface area (Å²) in [6, 6.07) is 13.2. The molecule has 0 radical (unpaired) electrons. The van der Waals surface area contributed by atoms with E-state index in [2.05, 4.69) is 15.3 Å². The number of ketones is 1. The lowest BCUT2D eigenvalue weighted by atomic mass is 9.93. The minimum atomic E-state index is -3.87. The summed E-state index contributed by atoms with van der Waals surface area (Å²) in [7, 11) is -3.87. The summed E-state index contributed by atoms with van der Waals surface area (Å²) in [4.78, 5) is 31.2. The standard InChI is InChI=1S/C24H19N5O4S2/c1-12-4-6-15(7-5-12)19-18(14(3)30)13(2)26-23-20(19)21-22(34-23)24(31)29(28-27-21)16-8-10-17(11-9-16)35(25,32)33/h4-11H,1-3H3,(H2,25,32,33). The number of primary sulfonamides is 1. The van der Waals surface area contributed by atoms with Crippen LogP contribution in [0.5, 0.6) is 0 Å².